The topological polar surface area (TPSA) is 63.1 Å². The van der Waals surface area contributed by atoms with Crippen molar-refractivity contribution in [2.45, 2.75) is 32.4 Å². The van der Waals surface area contributed by atoms with Crippen molar-refractivity contribution in [3.63, 3.8) is 0 Å². The van der Waals surface area contributed by atoms with E-state index in [1.165, 1.54) is 0 Å². The Balaban J connectivity index is 1.57. The van der Waals surface area contributed by atoms with Gasteiger partial charge >= 0.3 is 0 Å². The van der Waals surface area contributed by atoms with Crippen LogP contribution in [0, 0.1) is 6.92 Å². The van der Waals surface area contributed by atoms with Gasteiger partial charge in [0, 0.05) is 37.2 Å². The summed E-state index contributed by atoms with van der Waals surface area (Å²) in [6, 6.07) is 8.04. The lowest BCUT2D eigenvalue weighted by Gasteiger charge is -2.34. The van der Waals surface area contributed by atoms with Crippen LogP contribution in [-0.4, -0.2) is 39.8 Å². The minimum Gasteiger partial charge on any atom is -0.355 e. The maximum Gasteiger partial charge on any atom is 0.242 e. The summed E-state index contributed by atoms with van der Waals surface area (Å²) in [6.07, 6.45) is 5.54. The van der Waals surface area contributed by atoms with E-state index in [-0.39, 0.29) is 18.5 Å². The number of aromatic nitrogens is 3. The Morgan fingerprint density at radius 3 is 3.09 bits per heavy atom. The average Bonchev–Trinajstić information content (AvgIpc) is 3.00. The van der Waals surface area contributed by atoms with Crippen LogP contribution in [0.2, 0.25) is 0 Å². The van der Waals surface area contributed by atoms with Crippen LogP contribution in [0.3, 0.4) is 0 Å². The van der Waals surface area contributed by atoms with Crippen LogP contribution in [0.5, 0.6) is 0 Å². The zero-order chi connectivity index (χ0) is 15.4. The highest BCUT2D eigenvalue weighted by atomic mass is 16.2. The van der Waals surface area contributed by atoms with E-state index < -0.39 is 0 Å². The molecule has 1 saturated heterocycles. The van der Waals surface area contributed by atoms with E-state index in [0.717, 1.165) is 37.4 Å². The van der Waals surface area contributed by atoms with Gasteiger partial charge in [0.1, 0.15) is 12.4 Å². The number of carbonyl (C=O) groups is 1. The molecule has 3 rings (SSSR count). The van der Waals surface area contributed by atoms with Crippen molar-refractivity contribution in [2.75, 3.05) is 18.0 Å². The number of piperidine rings is 1. The molecule has 0 aliphatic carbocycles. The molecule has 0 aromatic carbocycles. The summed E-state index contributed by atoms with van der Waals surface area (Å²) in [6.45, 7) is 4.06. The van der Waals surface area contributed by atoms with Crippen molar-refractivity contribution in [2.24, 2.45) is 0 Å². The molecule has 0 bridgehead atoms. The minimum absolute atomic E-state index is 0.00718. The SMILES string of the molecule is Cc1cccc(N2CCC[C@H](NC(=O)Cn3cccn3)C2)n1. The Hall–Kier alpha value is -2.37. The van der Waals surface area contributed by atoms with Gasteiger partial charge < -0.3 is 10.2 Å². The second-order valence-electron chi connectivity index (χ2n) is 5.69. The van der Waals surface area contributed by atoms with Crippen molar-refractivity contribution in [3.05, 3.63) is 42.4 Å². The second-order valence-corrected chi connectivity index (χ2v) is 5.69. The number of hydrogen-bond acceptors (Lipinski definition) is 4. The fourth-order valence-electron chi connectivity index (χ4n) is 2.82. The third kappa shape index (κ3) is 3.63. The molecular weight excluding hydrogens is 278 g/mol. The Morgan fingerprint density at radius 1 is 1.41 bits per heavy atom. The van der Waals surface area contributed by atoms with Crippen molar-refractivity contribution < 1.29 is 4.79 Å². The lowest BCUT2D eigenvalue weighted by molar-refractivity contribution is -0.122. The summed E-state index contributed by atoms with van der Waals surface area (Å²) in [5.74, 6) is 0.999. The number of rotatable bonds is 4. The van der Waals surface area contributed by atoms with Gasteiger partial charge in [0.15, 0.2) is 0 Å². The van der Waals surface area contributed by atoms with E-state index in [2.05, 4.69) is 20.3 Å². The summed E-state index contributed by atoms with van der Waals surface area (Å²) in [7, 11) is 0. The van der Waals surface area contributed by atoms with Crippen LogP contribution in [0.4, 0.5) is 5.82 Å². The van der Waals surface area contributed by atoms with Crippen molar-refractivity contribution in [1.82, 2.24) is 20.1 Å². The van der Waals surface area contributed by atoms with Crippen LogP contribution < -0.4 is 10.2 Å². The lowest BCUT2D eigenvalue weighted by Crippen LogP contribution is -2.48. The van der Waals surface area contributed by atoms with Gasteiger partial charge in [-0.25, -0.2) is 4.98 Å². The monoisotopic (exact) mass is 299 g/mol. The molecule has 0 saturated carbocycles. The lowest BCUT2D eigenvalue weighted by atomic mass is 10.1. The standard InChI is InChI=1S/C16H21N5O/c1-13-5-2-7-15(18-13)20-9-3-6-14(11-20)19-16(22)12-21-10-4-8-17-21/h2,4-5,7-8,10,14H,3,6,9,11-12H2,1H3,(H,19,22)/t14-/m0/s1. The van der Waals surface area contributed by atoms with Crippen molar-refractivity contribution in [1.29, 1.82) is 0 Å². The van der Waals surface area contributed by atoms with Crippen LogP contribution in [0.15, 0.2) is 36.7 Å². The largest absolute Gasteiger partial charge is 0.355 e. The smallest absolute Gasteiger partial charge is 0.242 e. The molecule has 2 aromatic rings. The van der Waals surface area contributed by atoms with Crippen molar-refractivity contribution >= 4 is 11.7 Å². The molecule has 0 unspecified atom stereocenters. The zero-order valence-corrected chi connectivity index (χ0v) is 12.8. The Kier molecular flexibility index (Phi) is 4.37. The predicted octanol–water partition coefficient (Wildman–Crippen LogP) is 1.37. The maximum absolute atomic E-state index is 12.1. The molecule has 22 heavy (non-hydrogen) atoms. The normalized spacial score (nSPS) is 18.2. The third-order valence-corrected chi connectivity index (χ3v) is 3.85. The first-order chi connectivity index (χ1) is 10.7. The van der Waals surface area contributed by atoms with Crippen LogP contribution >= 0.6 is 0 Å². The third-order valence-electron chi connectivity index (χ3n) is 3.85. The number of nitrogens with zero attached hydrogens (tertiary/aromatic N) is 4. The predicted molar refractivity (Wildman–Crippen MR) is 84.6 cm³/mol. The molecule has 1 amide bonds. The number of amides is 1. The minimum atomic E-state index is 0.00718. The Morgan fingerprint density at radius 2 is 2.32 bits per heavy atom. The first kappa shape index (κ1) is 14.6. The number of nitrogens with one attached hydrogen (secondary N) is 1. The maximum atomic E-state index is 12.1. The highest BCUT2D eigenvalue weighted by Gasteiger charge is 2.22. The van der Waals surface area contributed by atoms with E-state index in [0.29, 0.717) is 0 Å². The Bertz CT molecular complexity index is 625. The molecule has 0 radical (unpaired) electrons. The fraction of sp³-hybridized carbons (Fsp3) is 0.438. The van der Waals surface area contributed by atoms with Crippen LogP contribution in [-0.2, 0) is 11.3 Å². The molecule has 1 aliphatic heterocycles. The van der Waals surface area contributed by atoms with Gasteiger partial charge in [-0.05, 0) is 38.0 Å². The van der Waals surface area contributed by atoms with Gasteiger partial charge in [0.2, 0.25) is 5.91 Å². The Labute approximate surface area is 130 Å². The van der Waals surface area contributed by atoms with E-state index in [4.69, 9.17) is 0 Å². The molecule has 1 fully saturated rings. The van der Waals surface area contributed by atoms with Gasteiger partial charge in [0.25, 0.3) is 0 Å². The molecular formula is C16H21N5O. The number of aryl methyl sites for hydroxylation is 1. The van der Waals surface area contributed by atoms with E-state index in [1.54, 1.807) is 17.1 Å². The fourth-order valence-corrected chi connectivity index (χ4v) is 2.82. The molecule has 6 nitrogen and oxygen atoms in total. The van der Waals surface area contributed by atoms with Gasteiger partial charge in [-0.2, -0.15) is 5.10 Å². The molecule has 1 atom stereocenters. The van der Waals surface area contributed by atoms with E-state index in [9.17, 15) is 4.79 Å². The first-order valence-corrected chi connectivity index (χ1v) is 7.66. The molecule has 1 N–H and O–H groups in total. The summed E-state index contributed by atoms with van der Waals surface area (Å²) in [4.78, 5) is 18.9. The highest BCUT2D eigenvalue weighted by molar-refractivity contribution is 5.76. The molecule has 0 spiro atoms. The quantitative estimate of drug-likeness (QED) is 0.926. The summed E-state index contributed by atoms with van der Waals surface area (Å²) in [5, 5.41) is 7.16. The number of hydrogen-bond donors (Lipinski definition) is 1. The molecule has 6 heteroatoms. The molecule has 3 heterocycles. The molecule has 1 aliphatic rings. The summed E-state index contributed by atoms with van der Waals surface area (Å²) in [5.41, 5.74) is 1.02. The zero-order valence-electron chi connectivity index (χ0n) is 12.8. The van der Waals surface area contributed by atoms with E-state index in [1.807, 2.05) is 31.2 Å². The van der Waals surface area contributed by atoms with Crippen LogP contribution in [0.1, 0.15) is 18.5 Å². The van der Waals surface area contributed by atoms with Gasteiger partial charge in [-0.3, -0.25) is 9.48 Å². The van der Waals surface area contributed by atoms with Crippen molar-refractivity contribution in [3.8, 4) is 0 Å². The number of anilines is 1. The second kappa shape index (κ2) is 6.60. The van der Waals surface area contributed by atoms with Crippen LogP contribution in [0.25, 0.3) is 0 Å². The molecule has 2 aromatic heterocycles. The summed E-state index contributed by atoms with van der Waals surface area (Å²) < 4.78 is 1.64. The van der Waals surface area contributed by atoms with E-state index >= 15 is 0 Å². The average molecular weight is 299 g/mol. The first-order valence-electron chi connectivity index (χ1n) is 7.66. The highest BCUT2D eigenvalue weighted by Crippen LogP contribution is 2.18. The molecule has 116 valence electrons. The number of carbonyl (C=O) groups excluding carboxylic acids is 1. The number of pyridine rings is 1. The van der Waals surface area contributed by atoms with Gasteiger partial charge in [0.05, 0.1) is 0 Å². The summed E-state index contributed by atoms with van der Waals surface area (Å²) >= 11 is 0. The van der Waals surface area contributed by atoms with Gasteiger partial charge in [-0.15, -0.1) is 0 Å². The van der Waals surface area contributed by atoms with Gasteiger partial charge in [-0.1, -0.05) is 6.07 Å².